The van der Waals surface area contributed by atoms with Crippen LogP contribution < -0.4 is 38.1 Å². The van der Waals surface area contributed by atoms with Gasteiger partial charge in [0.2, 0.25) is 29.5 Å². The summed E-state index contributed by atoms with van der Waals surface area (Å²) < 4.78 is 0. The summed E-state index contributed by atoms with van der Waals surface area (Å²) in [6.45, 7) is 12.2. The van der Waals surface area contributed by atoms with E-state index >= 15 is 0 Å². The van der Waals surface area contributed by atoms with Crippen LogP contribution in [0.4, 0.5) is 0 Å². The van der Waals surface area contributed by atoms with E-state index in [1.165, 1.54) is 27.7 Å². The molecule has 0 aromatic carbocycles. The van der Waals surface area contributed by atoms with Crippen LogP contribution in [-0.2, 0) is 33.6 Å². The number of rotatable bonds is 25. The summed E-state index contributed by atoms with van der Waals surface area (Å²) >= 11 is 0. The molecule has 0 saturated carbocycles. The Morgan fingerprint density at radius 1 is 0.745 bits per heavy atom. The number of carbonyl (C=O) groups is 7. The van der Waals surface area contributed by atoms with Gasteiger partial charge < -0.3 is 48.3 Å². The van der Waals surface area contributed by atoms with Crippen molar-refractivity contribution in [2.24, 2.45) is 17.4 Å². The molecule has 0 aliphatic heterocycles. The lowest BCUT2D eigenvalue weighted by molar-refractivity contribution is -0.135. The number of nitrogens with one attached hydrogen (secondary N) is 5. The highest BCUT2D eigenvalue weighted by atomic mass is 16.3. The monoisotopic (exact) mass is 725 g/mol. The van der Waals surface area contributed by atoms with Crippen molar-refractivity contribution in [2.75, 3.05) is 7.05 Å². The van der Waals surface area contributed by atoms with Gasteiger partial charge in [0.1, 0.15) is 24.2 Å². The van der Waals surface area contributed by atoms with Gasteiger partial charge in [-0.05, 0) is 99.5 Å². The van der Waals surface area contributed by atoms with Gasteiger partial charge in [0.05, 0.1) is 23.3 Å². The summed E-state index contributed by atoms with van der Waals surface area (Å²) in [5.74, 6) is -4.09. The molecule has 0 saturated heterocycles. The van der Waals surface area contributed by atoms with E-state index in [9.17, 15) is 43.8 Å². The second kappa shape index (κ2) is 22.3. The lowest BCUT2D eigenvalue weighted by Gasteiger charge is -2.32. The molecule has 51 heavy (non-hydrogen) atoms. The number of allylic oxidation sites excluding steroid dienone is 2. The lowest BCUT2D eigenvalue weighted by Crippen LogP contribution is -2.61. The second-order valence-corrected chi connectivity index (χ2v) is 14.1. The predicted molar refractivity (Wildman–Crippen MR) is 193 cm³/mol. The van der Waals surface area contributed by atoms with E-state index in [1.54, 1.807) is 34.7 Å². The smallest absolute Gasteiger partial charge is 0.243 e. The summed E-state index contributed by atoms with van der Waals surface area (Å²) in [6, 6.07) is -4.52. The summed E-state index contributed by atoms with van der Waals surface area (Å²) in [5.41, 5.74) is 8.65. The van der Waals surface area contributed by atoms with E-state index in [-0.39, 0.29) is 36.9 Å². The second-order valence-electron chi connectivity index (χ2n) is 14.1. The number of amides is 5. The maximum absolute atomic E-state index is 13.3. The topological polar surface area (TPSA) is 272 Å². The molecule has 0 aromatic heterocycles. The predicted octanol–water partition coefficient (Wildman–Crippen LogP) is -0.621. The number of Topliss-reactive ketones (excluding diaryl/α,β-unsaturated/α-hetero) is 2. The van der Waals surface area contributed by atoms with Crippen LogP contribution in [0.1, 0.15) is 107 Å². The molecular weight excluding hydrogens is 662 g/mol. The SMILES string of the molecule is CN[C@@](C)(CCC/C=C/CCC[C@](C)(NC(=O)[C@H](CCC(N)=O)NC(=O)[C@H](N)[C@@H](C)O)C(C)=O)C(=O)N[C@H](C(=O)N[C@H](C(C)=O)[C@@H](C)O)C(C)C. The Hall–Kier alpha value is -3.73. The van der Waals surface area contributed by atoms with Gasteiger partial charge in [-0.1, -0.05) is 26.0 Å². The summed E-state index contributed by atoms with van der Waals surface area (Å²) in [6.07, 6.45) is 4.44. The quantitative estimate of drug-likeness (QED) is 0.0423. The summed E-state index contributed by atoms with van der Waals surface area (Å²) in [5, 5.41) is 33.0. The largest absolute Gasteiger partial charge is 0.391 e. The lowest BCUT2D eigenvalue weighted by atomic mass is 9.89. The van der Waals surface area contributed by atoms with E-state index in [1.807, 2.05) is 12.2 Å². The van der Waals surface area contributed by atoms with Gasteiger partial charge in [0.25, 0.3) is 0 Å². The number of unbranched alkanes of at least 4 members (excludes halogenated alkanes) is 2. The fourth-order valence-electron chi connectivity index (χ4n) is 5.10. The Morgan fingerprint density at radius 3 is 1.69 bits per heavy atom. The molecule has 8 atom stereocenters. The summed E-state index contributed by atoms with van der Waals surface area (Å²) in [7, 11) is 1.66. The average Bonchev–Trinajstić information content (AvgIpc) is 3.03. The van der Waals surface area contributed by atoms with Gasteiger partial charge >= 0.3 is 0 Å². The highest BCUT2D eigenvalue weighted by molar-refractivity contribution is 5.96. The molecule has 0 radical (unpaired) electrons. The molecule has 292 valence electrons. The third kappa shape index (κ3) is 16.4. The van der Waals surface area contributed by atoms with Gasteiger partial charge in [-0.15, -0.1) is 0 Å². The number of primary amides is 1. The molecular formula is C35H63N7O9. The molecule has 0 heterocycles. The molecule has 16 heteroatoms. The van der Waals surface area contributed by atoms with E-state index in [2.05, 4.69) is 26.6 Å². The third-order valence-corrected chi connectivity index (χ3v) is 9.08. The number of hydrogen-bond donors (Lipinski definition) is 9. The molecule has 0 unspecified atom stereocenters. The van der Waals surface area contributed by atoms with Crippen molar-refractivity contribution < 1.29 is 43.8 Å². The van der Waals surface area contributed by atoms with Crippen molar-refractivity contribution in [3.8, 4) is 0 Å². The number of hydrogen-bond acceptors (Lipinski definition) is 11. The van der Waals surface area contributed by atoms with Crippen molar-refractivity contribution in [3.05, 3.63) is 12.2 Å². The standard InChI is InChI=1S/C35H63N7O9/c1-20(2)28(32(50)40-29(22(4)44)23(5)45)41-33(51)35(8,38-9)19-15-13-11-10-12-14-18-34(7,24(6)46)42-30(48)25(16-17-26(36)47)39-31(49)27(37)21(3)43/h10-11,20-22,25,27-29,38,43-44H,12-19,37H2,1-9H3,(H2,36,47)(H,39,49)(H,40,50)(H,41,51)(H,42,48)/b11-10+/t21-,22-,25+,27-,28+,29+,34+,35+/m1/s1. The normalized spacial score (nSPS) is 17.5. The molecule has 0 aliphatic carbocycles. The first-order valence-corrected chi connectivity index (χ1v) is 17.5. The third-order valence-electron chi connectivity index (χ3n) is 9.08. The van der Waals surface area contributed by atoms with Crippen LogP contribution in [0.3, 0.4) is 0 Å². The zero-order valence-corrected chi connectivity index (χ0v) is 31.8. The molecule has 11 N–H and O–H groups in total. The number of carbonyl (C=O) groups excluding carboxylic acids is 7. The van der Waals surface area contributed by atoms with Gasteiger partial charge in [-0.2, -0.15) is 0 Å². The Morgan fingerprint density at radius 2 is 1.27 bits per heavy atom. The Balaban J connectivity index is 5.23. The first kappa shape index (κ1) is 47.3. The van der Waals surface area contributed by atoms with Crippen LogP contribution in [0.2, 0.25) is 0 Å². The number of aliphatic hydroxyl groups is 2. The molecule has 0 aliphatic rings. The molecule has 5 amide bonds. The average molecular weight is 726 g/mol. The Kier molecular flexibility index (Phi) is 20.6. The first-order chi connectivity index (χ1) is 23.5. The molecule has 16 nitrogen and oxygen atoms in total. The van der Waals surface area contributed by atoms with Gasteiger partial charge in [0, 0.05) is 6.42 Å². The Bertz CT molecular complexity index is 1240. The van der Waals surface area contributed by atoms with E-state index in [0.29, 0.717) is 32.1 Å². The molecule has 0 bridgehead atoms. The van der Waals surface area contributed by atoms with Crippen LogP contribution in [0.15, 0.2) is 12.2 Å². The molecule has 0 fully saturated rings. The minimum absolute atomic E-state index is 0.121. The van der Waals surface area contributed by atoms with Crippen molar-refractivity contribution in [1.82, 2.24) is 26.6 Å². The van der Waals surface area contributed by atoms with Crippen molar-refractivity contribution in [2.45, 2.75) is 154 Å². The fourth-order valence-corrected chi connectivity index (χ4v) is 5.10. The number of likely N-dealkylation sites (N-methyl/N-ethyl adjacent to an activating group) is 1. The van der Waals surface area contributed by atoms with Crippen LogP contribution in [0.5, 0.6) is 0 Å². The number of aliphatic hydroxyl groups excluding tert-OH is 2. The van der Waals surface area contributed by atoms with Crippen molar-refractivity contribution in [1.29, 1.82) is 0 Å². The van der Waals surface area contributed by atoms with Gasteiger partial charge in [-0.3, -0.25) is 33.6 Å². The Labute approximate surface area is 302 Å². The fraction of sp³-hybridized carbons (Fsp3) is 0.743. The summed E-state index contributed by atoms with van der Waals surface area (Å²) in [4.78, 5) is 87.7. The van der Waals surface area contributed by atoms with E-state index in [0.717, 1.165) is 0 Å². The van der Waals surface area contributed by atoms with Crippen LogP contribution >= 0.6 is 0 Å². The number of nitrogens with two attached hydrogens (primary N) is 2. The minimum Gasteiger partial charge on any atom is -0.391 e. The zero-order chi connectivity index (χ0) is 39.7. The minimum atomic E-state index is -1.30. The van der Waals surface area contributed by atoms with Crippen LogP contribution in [0, 0.1) is 5.92 Å². The molecule has 0 spiro atoms. The van der Waals surface area contributed by atoms with Gasteiger partial charge in [-0.25, -0.2) is 0 Å². The van der Waals surface area contributed by atoms with E-state index in [4.69, 9.17) is 11.5 Å². The zero-order valence-electron chi connectivity index (χ0n) is 31.8. The first-order valence-electron chi connectivity index (χ1n) is 17.5. The highest BCUT2D eigenvalue weighted by Gasteiger charge is 2.37. The van der Waals surface area contributed by atoms with E-state index < -0.39 is 76.9 Å². The molecule has 0 aromatic rings. The van der Waals surface area contributed by atoms with Crippen LogP contribution in [-0.4, -0.2) is 106 Å². The maximum atomic E-state index is 13.3. The van der Waals surface area contributed by atoms with Gasteiger partial charge in [0.15, 0.2) is 11.6 Å². The molecule has 0 rings (SSSR count). The van der Waals surface area contributed by atoms with Crippen molar-refractivity contribution in [3.63, 3.8) is 0 Å². The maximum Gasteiger partial charge on any atom is 0.243 e. The van der Waals surface area contributed by atoms with Crippen molar-refractivity contribution >= 4 is 41.1 Å². The van der Waals surface area contributed by atoms with Crippen LogP contribution in [0.25, 0.3) is 0 Å². The highest BCUT2D eigenvalue weighted by Crippen LogP contribution is 2.19. The number of ketones is 2.